The number of hydrogen-bond acceptors (Lipinski definition) is 10. The molecule has 1 aliphatic carbocycles. The van der Waals surface area contributed by atoms with Crippen molar-refractivity contribution in [1.29, 1.82) is 0 Å². The van der Waals surface area contributed by atoms with Crippen LogP contribution in [0.1, 0.15) is 47.4 Å². The first-order valence-electron chi connectivity index (χ1n) is 17.9. The average molecular weight is 756 g/mol. The van der Waals surface area contributed by atoms with Crippen LogP contribution in [0.25, 0.3) is 65.9 Å². The second-order valence-corrected chi connectivity index (χ2v) is 14.4. The summed E-state index contributed by atoms with van der Waals surface area (Å²) in [6, 6.07) is 10.3. The fourth-order valence-electron chi connectivity index (χ4n) is 7.60. The number of H-pyrrole nitrogens is 2. The Kier molecular flexibility index (Phi) is 8.26. The monoisotopic (exact) mass is 755 g/mol. The van der Waals surface area contributed by atoms with Gasteiger partial charge in [-0.3, -0.25) is 14.6 Å². The van der Waals surface area contributed by atoms with Gasteiger partial charge >= 0.3 is 0 Å². The second kappa shape index (κ2) is 13.2. The first-order valence-corrected chi connectivity index (χ1v) is 18.3. The summed E-state index contributed by atoms with van der Waals surface area (Å²) < 4.78 is 24.0. The van der Waals surface area contributed by atoms with Gasteiger partial charge in [0.05, 0.1) is 82.8 Å². The number of nitrogens with one attached hydrogen (secondary N) is 3. The molecule has 13 nitrogen and oxygen atoms in total. The van der Waals surface area contributed by atoms with Crippen LogP contribution in [0.3, 0.4) is 0 Å². The van der Waals surface area contributed by atoms with Crippen LogP contribution in [0.5, 0.6) is 11.5 Å². The number of aromatic amines is 2. The molecule has 278 valence electrons. The number of rotatable bonds is 7. The minimum Gasteiger partial charge on any atom is -0.496 e. The molecule has 1 saturated carbocycles. The number of nitrogens with zero attached hydrogens (tertiary/aromatic N) is 6. The summed E-state index contributed by atoms with van der Waals surface area (Å²) in [5.41, 5.74) is 11.3. The quantitative estimate of drug-likeness (QED) is 0.143. The minimum absolute atomic E-state index is 0.603. The van der Waals surface area contributed by atoms with E-state index in [1.54, 1.807) is 26.6 Å². The molecular formula is C41H38ClN9O4. The fourth-order valence-corrected chi connectivity index (χ4v) is 7.86. The molecule has 9 aromatic rings. The number of benzene rings is 2. The number of methoxy groups -OCH3 is 2. The Bertz CT molecular complexity index is 2890. The molecule has 1 fully saturated rings. The molecule has 0 bridgehead atoms. The van der Waals surface area contributed by atoms with E-state index in [0.717, 1.165) is 117 Å². The van der Waals surface area contributed by atoms with Gasteiger partial charge in [-0.25, -0.2) is 0 Å². The van der Waals surface area contributed by atoms with Gasteiger partial charge in [-0.05, 0) is 64.8 Å². The van der Waals surface area contributed by atoms with Crippen molar-refractivity contribution in [2.75, 3.05) is 19.5 Å². The predicted molar refractivity (Wildman–Crippen MR) is 214 cm³/mol. The van der Waals surface area contributed by atoms with Crippen molar-refractivity contribution < 1.29 is 18.5 Å². The van der Waals surface area contributed by atoms with Crippen molar-refractivity contribution in [3.63, 3.8) is 0 Å². The largest absolute Gasteiger partial charge is 0.496 e. The van der Waals surface area contributed by atoms with Crippen LogP contribution in [-0.2, 0) is 7.05 Å². The molecule has 0 atom stereocenters. The molecule has 0 unspecified atom stereocenters. The normalized spacial score (nSPS) is 12.9. The highest BCUT2D eigenvalue weighted by atomic mass is 35.5. The molecule has 0 aliphatic heterocycles. The SMILES string of the molecule is COc1cc2c(cc1-c1c(C)noc1C)[nH]c1cncc(Cl)c12.COc1cc2c(cc1-c1c(C)noc1C)[nH]c1cncc(Nc3cc(C4CC4)nn3C)c12. The van der Waals surface area contributed by atoms with Gasteiger partial charge in [0.1, 0.15) is 28.8 Å². The maximum Gasteiger partial charge on any atom is 0.141 e. The number of aryl methyl sites for hydroxylation is 5. The molecule has 7 aromatic heterocycles. The van der Waals surface area contributed by atoms with Gasteiger partial charge in [-0.1, -0.05) is 21.9 Å². The molecule has 2 aromatic carbocycles. The third-order valence-corrected chi connectivity index (χ3v) is 10.7. The molecule has 0 saturated heterocycles. The van der Waals surface area contributed by atoms with E-state index in [1.807, 2.05) is 64.0 Å². The highest BCUT2D eigenvalue weighted by Crippen LogP contribution is 2.44. The zero-order valence-electron chi connectivity index (χ0n) is 31.4. The summed E-state index contributed by atoms with van der Waals surface area (Å²) in [5, 5.41) is 21.0. The van der Waals surface area contributed by atoms with Gasteiger partial charge in [0.15, 0.2) is 0 Å². The Hall–Kier alpha value is -6.34. The first-order chi connectivity index (χ1) is 26.6. The standard InChI is InChI=1S/C24H24N6O2.C17H14ClN3O2/c1-12-23(13(2)32-29-12)16-7-18-15(8-21(16)31-4)24-19(26-18)10-25-11-20(24)27-22-9-17(14-5-6-14)28-30(22)3;1-8-16(9(2)23-21-8)11-4-13-10(5-15(11)22-3)17-12(18)6-19-7-14(17)20-13/h7-11,14,26-27H,5-6H2,1-4H3;4-7,20H,1-3H3. The molecule has 1 aliphatic rings. The van der Waals surface area contributed by atoms with Crippen LogP contribution in [0.15, 0.2) is 64.2 Å². The van der Waals surface area contributed by atoms with E-state index in [0.29, 0.717) is 10.9 Å². The Morgan fingerprint density at radius 1 is 0.727 bits per heavy atom. The molecule has 7 heterocycles. The van der Waals surface area contributed by atoms with Gasteiger partial charge in [0.25, 0.3) is 0 Å². The lowest BCUT2D eigenvalue weighted by Gasteiger charge is -2.10. The highest BCUT2D eigenvalue weighted by molar-refractivity contribution is 6.37. The van der Waals surface area contributed by atoms with E-state index in [9.17, 15) is 0 Å². The van der Waals surface area contributed by atoms with E-state index < -0.39 is 0 Å². The van der Waals surface area contributed by atoms with Crippen LogP contribution < -0.4 is 14.8 Å². The van der Waals surface area contributed by atoms with Crippen molar-refractivity contribution >= 4 is 66.7 Å². The maximum atomic E-state index is 6.31. The van der Waals surface area contributed by atoms with E-state index >= 15 is 0 Å². The molecule has 0 radical (unpaired) electrons. The van der Waals surface area contributed by atoms with Gasteiger partial charge in [0.2, 0.25) is 0 Å². The van der Waals surface area contributed by atoms with Gasteiger partial charge in [0, 0.05) is 68.9 Å². The van der Waals surface area contributed by atoms with Crippen molar-refractivity contribution in [2.24, 2.45) is 7.05 Å². The average Bonchev–Trinajstić information content (AvgIpc) is 3.35. The van der Waals surface area contributed by atoms with Gasteiger partial charge in [-0.15, -0.1) is 0 Å². The Balaban J connectivity index is 0.000000153. The van der Waals surface area contributed by atoms with Crippen molar-refractivity contribution in [3.05, 3.63) is 88.7 Å². The zero-order valence-corrected chi connectivity index (χ0v) is 32.1. The molecule has 3 N–H and O–H groups in total. The second-order valence-electron chi connectivity index (χ2n) is 14.0. The summed E-state index contributed by atoms with van der Waals surface area (Å²) >= 11 is 6.31. The minimum atomic E-state index is 0.603. The number of pyridine rings is 2. The number of fused-ring (bicyclic) bond motifs is 6. The van der Waals surface area contributed by atoms with Crippen LogP contribution in [-0.4, -0.2) is 54.2 Å². The summed E-state index contributed by atoms with van der Waals surface area (Å²) in [6.07, 6.45) is 9.57. The van der Waals surface area contributed by atoms with Crippen molar-refractivity contribution in [2.45, 2.75) is 46.5 Å². The highest BCUT2D eigenvalue weighted by Gasteiger charge is 2.27. The number of hydrogen-bond donors (Lipinski definition) is 3. The van der Waals surface area contributed by atoms with E-state index in [1.165, 1.54) is 12.8 Å². The van der Waals surface area contributed by atoms with Crippen LogP contribution in [0.4, 0.5) is 11.5 Å². The third-order valence-electron chi connectivity index (χ3n) is 10.4. The lowest BCUT2D eigenvalue weighted by atomic mass is 10.0. The lowest BCUT2D eigenvalue weighted by Crippen LogP contribution is -2.00. The van der Waals surface area contributed by atoms with Crippen LogP contribution in [0.2, 0.25) is 5.02 Å². The predicted octanol–water partition coefficient (Wildman–Crippen LogP) is 10.0. The molecular weight excluding hydrogens is 718 g/mol. The molecule has 0 amide bonds. The summed E-state index contributed by atoms with van der Waals surface area (Å²) in [4.78, 5) is 15.5. The number of anilines is 2. The van der Waals surface area contributed by atoms with Gasteiger partial charge in [-0.2, -0.15) is 5.10 Å². The number of halogens is 1. The lowest BCUT2D eigenvalue weighted by molar-refractivity contribution is 0.393. The van der Waals surface area contributed by atoms with E-state index in [4.69, 9.17) is 30.1 Å². The van der Waals surface area contributed by atoms with E-state index in [2.05, 4.69) is 58.9 Å². The topological polar surface area (TPSA) is 158 Å². The summed E-state index contributed by atoms with van der Waals surface area (Å²) in [6.45, 7) is 7.67. The summed E-state index contributed by atoms with van der Waals surface area (Å²) in [5.74, 6) is 4.60. The molecule has 10 rings (SSSR count). The number of ether oxygens (including phenoxy) is 2. The third kappa shape index (κ3) is 5.82. The Labute approximate surface area is 320 Å². The smallest absolute Gasteiger partial charge is 0.141 e. The zero-order chi connectivity index (χ0) is 38.1. The van der Waals surface area contributed by atoms with Crippen molar-refractivity contribution in [1.82, 2.24) is 40.0 Å². The van der Waals surface area contributed by atoms with Crippen molar-refractivity contribution in [3.8, 4) is 33.8 Å². The van der Waals surface area contributed by atoms with Crippen LogP contribution >= 0.6 is 11.6 Å². The van der Waals surface area contributed by atoms with E-state index in [-0.39, 0.29) is 0 Å². The summed E-state index contributed by atoms with van der Waals surface area (Å²) in [7, 11) is 5.31. The Morgan fingerprint density at radius 3 is 1.80 bits per heavy atom. The van der Waals surface area contributed by atoms with Gasteiger partial charge < -0.3 is 33.8 Å². The molecule has 14 heteroatoms. The Morgan fingerprint density at radius 2 is 1.27 bits per heavy atom. The molecule has 55 heavy (non-hydrogen) atoms. The maximum absolute atomic E-state index is 6.31. The number of aromatic nitrogens is 8. The van der Waals surface area contributed by atoms with Crippen LogP contribution in [0, 0.1) is 27.7 Å². The first kappa shape index (κ1) is 34.4. The molecule has 0 spiro atoms. The fraction of sp³-hybridized carbons (Fsp3) is 0.244.